The second-order valence-electron chi connectivity index (χ2n) is 4.34. The summed E-state index contributed by atoms with van der Waals surface area (Å²) in [5.41, 5.74) is 0. The van der Waals surface area contributed by atoms with Gasteiger partial charge in [-0.25, -0.2) is 0 Å². The molecule has 1 aliphatic heterocycles. The standard InChI is InChI=1S/C12H24N2O2/c1-3-4-5-10-16-12(15)11(2)14-8-6-13-7-9-14/h11,13H,3-10H2,1-2H3. The fourth-order valence-corrected chi connectivity index (χ4v) is 1.86. The van der Waals surface area contributed by atoms with Crippen molar-refractivity contribution in [3.8, 4) is 0 Å². The van der Waals surface area contributed by atoms with Crippen LogP contribution in [-0.4, -0.2) is 49.7 Å². The highest BCUT2D eigenvalue weighted by atomic mass is 16.5. The molecule has 16 heavy (non-hydrogen) atoms. The monoisotopic (exact) mass is 228 g/mol. The Hall–Kier alpha value is -0.610. The molecular formula is C12H24N2O2. The van der Waals surface area contributed by atoms with E-state index in [1.807, 2.05) is 6.92 Å². The van der Waals surface area contributed by atoms with Gasteiger partial charge in [0.25, 0.3) is 0 Å². The van der Waals surface area contributed by atoms with Gasteiger partial charge in [-0.05, 0) is 13.3 Å². The zero-order valence-electron chi connectivity index (χ0n) is 10.5. The normalized spacial score (nSPS) is 19.4. The Morgan fingerprint density at radius 3 is 2.69 bits per heavy atom. The van der Waals surface area contributed by atoms with Crippen LogP contribution in [-0.2, 0) is 9.53 Å². The zero-order chi connectivity index (χ0) is 11.8. The predicted octanol–water partition coefficient (Wildman–Crippen LogP) is 1.01. The molecule has 1 aliphatic rings. The summed E-state index contributed by atoms with van der Waals surface area (Å²) in [4.78, 5) is 13.9. The summed E-state index contributed by atoms with van der Waals surface area (Å²) < 4.78 is 5.26. The van der Waals surface area contributed by atoms with E-state index in [1.54, 1.807) is 0 Å². The summed E-state index contributed by atoms with van der Waals surface area (Å²) in [5.74, 6) is -0.0713. The van der Waals surface area contributed by atoms with Crippen molar-refractivity contribution < 1.29 is 9.53 Å². The summed E-state index contributed by atoms with van der Waals surface area (Å²) in [5, 5.41) is 3.27. The number of hydrogen-bond donors (Lipinski definition) is 1. The Morgan fingerprint density at radius 1 is 1.38 bits per heavy atom. The van der Waals surface area contributed by atoms with Crippen molar-refractivity contribution in [3.63, 3.8) is 0 Å². The molecule has 4 nitrogen and oxygen atoms in total. The van der Waals surface area contributed by atoms with E-state index < -0.39 is 0 Å². The minimum Gasteiger partial charge on any atom is -0.465 e. The molecule has 0 bridgehead atoms. The van der Waals surface area contributed by atoms with Crippen LogP contribution in [0.25, 0.3) is 0 Å². The van der Waals surface area contributed by atoms with E-state index in [0.29, 0.717) is 6.61 Å². The second-order valence-corrected chi connectivity index (χ2v) is 4.34. The van der Waals surface area contributed by atoms with Crippen LogP contribution in [0.2, 0.25) is 0 Å². The van der Waals surface area contributed by atoms with Crippen molar-refractivity contribution in [2.75, 3.05) is 32.8 Å². The van der Waals surface area contributed by atoms with Crippen molar-refractivity contribution in [3.05, 3.63) is 0 Å². The number of ether oxygens (including phenoxy) is 1. The summed E-state index contributed by atoms with van der Waals surface area (Å²) in [6.45, 7) is 8.46. The molecule has 1 N–H and O–H groups in total. The van der Waals surface area contributed by atoms with E-state index in [9.17, 15) is 4.79 Å². The molecule has 0 radical (unpaired) electrons. The van der Waals surface area contributed by atoms with E-state index in [0.717, 1.165) is 45.4 Å². The Kier molecular flexibility index (Phi) is 6.42. The molecule has 1 unspecified atom stereocenters. The fourth-order valence-electron chi connectivity index (χ4n) is 1.86. The number of esters is 1. The van der Waals surface area contributed by atoms with Gasteiger partial charge in [-0.15, -0.1) is 0 Å². The van der Waals surface area contributed by atoms with Gasteiger partial charge in [-0.1, -0.05) is 19.8 Å². The molecule has 0 saturated carbocycles. The number of hydrogen-bond acceptors (Lipinski definition) is 4. The highest BCUT2D eigenvalue weighted by Crippen LogP contribution is 2.04. The Balaban J connectivity index is 2.18. The first-order valence-corrected chi connectivity index (χ1v) is 6.37. The number of carbonyl (C=O) groups is 1. The van der Waals surface area contributed by atoms with Gasteiger partial charge >= 0.3 is 5.97 Å². The van der Waals surface area contributed by atoms with Crippen LogP contribution in [0.3, 0.4) is 0 Å². The van der Waals surface area contributed by atoms with Crippen LogP contribution in [0.5, 0.6) is 0 Å². The smallest absolute Gasteiger partial charge is 0.323 e. The fraction of sp³-hybridized carbons (Fsp3) is 0.917. The SMILES string of the molecule is CCCCCOC(=O)C(C)N1CCNCC1. The highest BCUT2D eigenvalue weighted by molar-refractivity contribution is 5.75. The van der Waals surface area contributed by atoms with E-state index in [2.05, 4.69) is 17.1 Å². The van der Waals surface area contributed by atoms with E-state index in [1.165, 1.54) is 0 Å². The second kappa shape index (κ2) is 7.63. The van der Waals surface area contributed by atoms with Crippen molar-refractivity contribution >= 4 is 5.97 Å². The van der Waals surface area contributed by atoms with Crippen LogP contribution in [0.15, 0.2) is 0 Å². The molecule has 94 valence electrons. The van der Waals surface area contributed by atoms with Crippen LogP contribution >= 0.6 is 0 Å². The molecule has 1 saturated heterocycles. The van der Waals surface area contributed by atoms with Crippen molar-refractivity contribution in [1.82, 2.24) is 10.2 Å². The molecule has 0 aromatic rings. The minimum absolute atomic E-state index is 0.0713. The van der Waals surface area contributed by atoms with Gasteiger partial charge < -0.3 is 10.1 Å². The first-order chi connectivity index (χ1) is 7.75. The lowest BCUT2D eigenvalue weighted by atomic mass is 10.2. The van der Waals surface area contributed by atoms with Crippen LogP contribution in [0, 0.1) is 0 Å². The first kappa shape index (κ1) is 13.5. The van der Waals surface area contributed by atoms with Gasteiger partial charge in [0, 0.05) is 26.2 Å². The third-order valence-electron chi connectivity index (χ3n) is 3.03. The predicted molar refractivity (Wildman–Crippen MR) is 64.4 cm³/mol. The molecule has 1 heterocycles. The zero-order valence-corrected chi connectivity index (χ0v) is 10.5. The Morgan fingerprint density at radius 2 is 2.06 bits per heavy atom. The molecule has 1 fully saturated rings. The average molecular weight is 228 g/mol. The third kappa shape index (κ3) is 4.49. The molecule has 0 amide bonds. The molecule has 0 aromatic heterocycles. The maximum absolute atomic E-state index is 11.7. The summed E-state index contributed by atoms with van der Waals surface area (Å²) in [6.07, 6.45) is 3.27. The lowest BCUT2D eigenvalue weighted by molar-refractivity contribution is -0.149. The number of unbranched alkanes of at least 4 members (excludes halogenated alkanes) is 2. The number of nitrogens with one attached hydrogen (secondary N) is 1. The Bertz CT molecular complexity index is 203. The first-order valence-electron chi connectivity index (χ1n) is 6.37. The van der Waals surface area contributed by atoms with Gasteiger partial charge in [0.2, 0.25) is 0 Å². The number of carbonyl (C=O) groups excluding carboxylic acids is 1. The van der Waals surface area contributed by atoms with Crippen LogP contribution in [0.1, 0.15) is 33.1 Å². The van der Waals surface area contributed by atoms with Crippen LogP contribution in [0.4, 0.5) is 0 Å². The summed E-state index contributed by atoms with van der Waals surface area (Å²) >= 11 is 0. The molecule has 0 aromatic carbocycles. The number of nitrogens with zero attached hydrogens (tertiary/aromatic N) is 1. The van der Waals surface area contributed by atoms with Gasteiger partial charge in [-0.3, -0.25) is 9.69 Å². The van der Waals surface area contributed by atoms with Crippen molar-refractivity contribution in [1.29, 1.82) is 0 Å². The lowest BCUT2D eigenvalue weighted by Gasteiger charge is -2.31. The van der Waals surface area contributed by atoms with E-state index in [-0.39, 0.29) is 12.0 Å². The molecule has 1 rings (SSSR count). The largest absolute Gasteiger partial charge is 0.465 e. The van der Waals surface area contributed by atoms with Gasteiger partial charge in [0.05, 0.1) is 6.61 Å². The molecule has 0 spiro atoms. The molecule has 4 heteroatoms. The molecule has 0 aliphatic carbocycles. The van der Waals surface area contributed by atoms with Gasteiger partial charge in [0.15, 0.2) is 0 Å². The van der Waals surface area contributed by atoms with Gasteiger partial charge in [0.1, 0.15) is 6.04 Å². The number of piperazine rings is 1. The molecule has 1 atom stereocenters. The van der Waals surface area contributed by atoms with Gasteiger partial charge in [-0.2, -0.15) is 0 Å². The summed E-state index contributed by atoms with van der Waals surface area (Å²) in [6, 6.07) is -0.0938. The molecular weight excluding hydrogens is 204 g/mol. The van der Waals surface area contributed by atoms with Crippen molar-refractivity contribution in [2.24, 2.45) is 0 Å². The minimum atomic E-state index is -0.0938. The van der Waals surface area contributed by atoms with E-state index >= 15 is 0 Å². The van der Waals surface area contributed by atoms with E-state index in [4.69, 9.17) is 4.74 Å². The third-order valence-corrected chi connectivity index (χ3v) is 3.03. The maximum Gasteiger partial charge on any atom is 0.323 e. The topological polar surface area (TPSA) is 41.6 Å². The lowest BCUT2D eigenvalue weighted by Crippen LogP contribution is -2.50. The number of rotatable bonds is 6. The maximum atomic E-state index is 11.7. The average Bonchev–Trinajstić information content (AvgIpc) is 2.34. The highest BCUT2D eigenvalue weighted by Gasteiger charge is 2.23. The van der Waals surface area contributed by atoms with Crippen LogP contribution < -0.4 is 5.32 Å². The Labute approximate surface area is 98.3 Å². The van der Waals surface area contributed by atoms with Crippen molar-refractivity contribution in [2.45, 2.75) is 39.2 Å². The summed E-state index contributed by atoms with van der Waals surface area (Å²) in [7, 11) is 0. The quantitative estimate of drug-likeness (QED) is 0.544.